The van der Waals surface area contributed by atoms with Gasteiger partial charge in [0.25, 0.3) is 5.91 Å². The Morgan fingerprint density at radius 1 is 1.28 bits per heavy atom. The summed E-state index contributed by atoms with van der Waals surface area (Å²) in [5.74, 6) is -0.482. The van der Waals surface area contributed by atoms with Crippen LogP contribution in [0.5, 0.6) is 5.88 Å². The van der Waals surface area contributed by atoms with Gasteiger partial charge in [0.2, 0.25) is 5.88 Å². The molecule has 0 bridgehead atoms. The summed E-state index contributed by atoms with van der Waals surface area (Å²) in [6, 6.07) is 11.4. The van der Waals surface area contributed by atoms with Crippen molar-refractivity contribution in [1.82, 2.24) is 19.5 Å². The zero-order valence-electron chi connectivity index (χ0n) is 13.3. The van der Waals surface area contributed by atoms with Crippen LogP contribution in [0.2, 0.25) is 0 Å². The van der Waals surface area contributed by atoms with Crippen LogP contribution in [0.3, 0.4) is 0 Å². The van der Waals surface area contributed by atoms with Gasteiger partial charge in [-0.05, 0) is 42.3 Å². The first kappa shape index (κ1) is 17.0. The molecular weight excluding hydrogens is 343 g/mol. The number of hydrogen-bond donors (Lipinski definition) is 1. The number of carbonyl (C=O) groups excluding carboxylic acids is 1. The second-order valence-corrected chi connectivity index (χ2v) is 5.88. The first-order chi connectivity index (χ1) is 12.2. The Morgan fingerprint density at radius 2 is 2.12 bits per heavy atom. The molecule has 0 aliphatic rings. The highest BCUT2D eigenvalue weighted by Gasteiger charge is 2.13. The first-order valence-electron chi connectivity index (χ1n) is 7.40. The molecular formula is C17H15FN4O2S. The molecule has 0 radical (unpaired) electrons. The average molecular weight is 358 g/mol. The molecule has 8 heteroatoms. The van der Waals surface area contributed by atoms with Gasteiger partial charge in [-0.25, -0.2) is 9.37 Å². The molecule has 2 aromatic heterocycles. The molecule has 0 saturated heterocycles. The van der Waals surface area contributed by atoms with Crippen molar-refractivity contribution in [3.8, 4) is 5.88 Å². The van der Waals surface area contributed by atoms with Crippen molar-refractivity contribution < 1.29 is 13.9 Å². The zero-order chi connectivity index (χ0) is 17.6. The van der Waals surface area contributed by atoms with E-state index in [1.54, 1.807) is 41.2 Å². The van der Waals surface area contributed by atoms with Gasteiger partial charge in [-0.15, -0.1) is 0 Å². The fourth-order valence-corrected chi connectivity index (χ4v) is 2.76. The summed E-state index contributed by atoms with van der Waals surface area (Å²) in [6.07, 6.45) is 3.51. The number of benzene rings is 1. The molecule has 128 valence electrons. The number of hydrogen-bond acceptors (Lipinski definition) is 5. The highest BCUT2D eigenvalue weighted by Crippen LogP contribution is 2.20. The molecule has 25 heavy (non-hydrogen) atoms. The fraction of sp³-hybridized carbons (Fsp3) is 0.118. The molecule has 1 amide bonds. The van der Waals surface area contributed by atoms with Crippen LogP contribution < -0.4 is 9.46 Å². The van der Waals surface area contributed by atoms with Gasteiger partial charge in [-0.2, -0.15) is 5.10 Å². The van der Waals surface area contributed by atoms with E-state index in [1.165, 1.54) is 13.2 Å². The van der Waals surface area contributed by atoms with E-state index in [2.05, 4.69) is 14.8 Å². The van der Waals surface area contributed by atoms with Gasteiger partial charge in [-0.3, -0.25) is 14.2 Å². The van der Waals surface area contributed by atoms with Gasteiger partial charge in [0, 0.05) is 18.0 Å². The molecule has 0 atom stereocenters. The molecule has 0 fully saturated rings. The maximum absolute atomic E-state index is 13.6. The number of nitrogens with zero attached hydrogens (tertiary/aromatic N) is 3. The minimum Gasteiger partial charge on any atom is -0.481 e. The average Bonchev–Trinajstić information content (AvgIpc) is 3.14. The van der Waals surface area contributed by atoms with Crippen LogP contribution in [0.25, 0.3) is 0 Å². The third-order valence-electron chi connectivity index (χ3n) is 3.35. The fourth-order valence-electron chi connectivity index (χ4n) is 2.14. The monoisotopic (exact) mass is 358 g/mol. The summed E-state index contributed by atoms with van der Waals surface area (Å²) in [5, 5.41) is 4.13. The smallest absolute Gasteiger partial charge is 0.280 e. The van der Waals surface area contributed by atoms with E-state index in [9.17, 15) is 9.18 Å². The summed E-state index contributed by atoms with van der Waals surface area (Å²) < 4.78 is 23.2. The van der Waals surface area contributed by atoms with E-state index in [0.717, 1.165) is 17.5 Å². The van der Waals surface area contributed by atoms with Crippen molar-refractivity contribution in [3.63, 3.8) is 0 Å². The molecule has 0 unspecified atom stereocenters. The molecule has 3 rings (SSSR count). The summed E-state index contributed by atoms with van der Waals surface area (Å²) in [7, 11) is 1.49. The Labute approximate surface area is 148 Å². The third-order valence-corrected chi connectivity index (χ3v) is 4.19. The lowest BCUT2D eigenvalue weighted by Gasteiger charge is -2.10. The predicted molar refractivity (Wildman–Crippen MR) is 91.8 cm³/mol. The van der Waals surface area contributed by atoms with Crippen LogP contribution in [0.4, 0.5) is 4.39 Å². The maximum Gasteiger partial charge on any atom is 0.280 e. The number of carbonyl (C=O) groups is 1. The number of pyridine rings is 1. The van der Waals surface area contributed by atoms with Gasteiger partial charge in [-0.1, -0.05) is 12.1 Å². The first-order valence-corrected chi connectivity index (χ1v) is 8.22. The highest BCUT2D eigenvalue weighted by atomic mass is 32.2. The normalized spacial score (nSPS) is 10.5. The quantitative estimate of drug-likeness (QED) is 0.686. The Bertz CT molecular complexity index is 871. The van der Waals surface area contributed by atoms with E-state index in [0.29, 0.717) is 17.3 Å². The summed E-state index contributed by atoms with van der Waals surface area (Å²) in [5.41, 5.74) is 0.981. The standard InChI is InChI=1S/C17H15FN4O2S/c1-24-17-12(11-22-10-4-9-19-22)7-8-14(20-17)16(23)21-25-15-6-3-2-5-13(15)18/h2-10H,11H2,1H3,(H,21,23). The van der Waals surface area contributed by atoms with Gasteiger partial charge in [0.05, 0.1) is 18.6 Å². The molecule has 2 heterocycles. The van der Waals surface area contributed by atoms with Crippen molar-refractivity contribution in [2.75, 3.05) is 7.11 Å². The van der Waals surface area contributed by atoms with E-state index >= 15 is 0 Å². The van der Waals surface area contributed by atoms with Crippen LogP contribution in [0.15, 0.2) is 59.8 Å². The maximum atomic E-state index is 13.6. The highest BCUT2D eigenvalue weighted by molar-refractivity contribution is 7.98. The van der Waals surface area contributed by atoms with Crippen LogP contribution in [-0.2, 0) is 6.54 Å². The molecule has 0 saturated carbocycles. The molecule has 0 aliphatic heterocycles. The van der Waals surface area contributed by atoms with Crippen molar-refractivity contribution in [2.45, 2.75) is 11.4 Å². The van der Waals surface area contributed by atoms with Crippen molar-refractivity contribution in [2.24, 2.45) is 0 Å². The number of methoxy groups -OCH3 is 1. The Kier molecular flexibility index (Phi) is 5.30. The van der Waals surface area contributed by atoms with Crippen LogP contribution in [-0.4, -0.2) is 27.8 Å². The lowest BCUT2D eigenvalue weighted by molar-refractivity contribution is 0.0978. The summed E-state index contributed by atoms with van der Waals surface area (Å²) in [6.45, 7) is 0.481. The van der Waals surface area contributed by atoms with Crippen LogP contribution in [0.1, 0.15) is 16.1 Å². The molecule has 1 N–H and O–H groups in total. The largest absolute Gasteiger partial charge is 0.481 e. The number of rotatable bonds is 6. The van der Waals surface area contributed by atoms with Crippen molar-refractivity contribution >= 4 is 17.9 Å². The van der Waals surface area contributed by atoms with Gasteiger partial charge in [0.1, 0.15) is 11.5 Å². The second-order valence-electron chi connectivity index (χ2n) is 5.03. The van der Waals surface area contributed by atoms with Crippen LogP contribution >= 0.6 is 11.9 Å². The molecule has 0 spiro atoms. The molecule has 6 nitrogen and oxygen atoms in total. The topological polar surface area (TPSA) is 69.0 Å². The summed E-state index contributed by atoms with van der Waals surface area (Å²) >= 11 is 0.902. The Hall–Kier alpha value is -2.87. The minimum absolute atomic E-state index is 0.185. The van der Waals surface area contributed by atoms with Crippen molar-refractivity contribution in [3.05, 3.63) is 71.9 Å². The Balaban J connectivity index is 1.71. The second kappa shape index (κ2) is 7.80. The lowest BCUT2D eigenvalue weighted by atomic mass is 10.2. The van der Waals surface area contributed by atoms with E-state index in [1.807, 2.05) is 12.3 Å². The number of amides is 1. The number of nitrogens with one attached hydrogen (secondary N) is 1. The SMILES string of the molecule is COc1nc(C(=O)NSc2ccccc2F)ccc1Cn1cccn1. The van der Waals surface area contributed by atoms with E-state index < -0.39 is 11.7 Å². The number of ether oxygens (including phenoxy) is 1. The number of halogens is 1. The Morgan fingerprint density at radius 3 is 2.84 bits per heavy atom. The van der Waals surface area contributed by atoms with Gasteiger partial charge < -0.3 is 4.74 Å². The minimum atomic E-state index is -0.433. The molecule has 1 aromatic carbocycles. The van der Waals surface area contributed by atoms with Gasteiger partial charge in [0.15, 0.2) is 0 Å². The molecule has 3 aromatic rings. The predicted octanol–water partition coefficient (Wildman–Crippen LogP) is 2.91. The molecule has 0 aliphatic carbocycles. The number of aromatic nitrogens is 3. The van der Waals surface area contributed by atoms with Crippen molar-refractivity contribution in [1.29, 1.82) is 0 Å². The van der Waals surface area contributed by atoms with Crippen LogP contribution in [0, 0.1) is 5.82 Å². The van der Waals surface area contributed by atoms with E-state index in [-0.39, 0.29) is 5.69 Å². The lowest BCUT2D eigenvalue weighted by Crippen LogP contribution is -2.18. The summed E-state index contributed by atoms with van der Waals surface area (Å²) in [4.78, 5) is 16.8. The van der Waals surface area contributed by atoms with Gasteiger partial charge >= 0.3 is 0 Å². The zero-order valence-corrected chi connectivity index (χ0v) is 14.2. The van der Waals surface area contributed by atoms with E-state index in [4.69, 9.17) is 4.74 Å². The third kappa shape index (κ3) is 4.16.